The first-order valence-electron chi connectivity index (χ1n) is 3.61. The van der Waals surface area contributed by atoms with Crippen molar-refractivity contribution in [1.29, 1.82) is 0 Å². The highest BCUT2D eigenvalue weighted by Crippen LogP contribution is 2.16. The third-order valence-electron chi connectivity index (χ3n) is 1.61. The lowest BCUT2D eigenvalue weighted by molar-refractivity contribution is 0.915. The van der Waals surface area contributed by atoms with Crippen LogP contribution in [0.4, 0.5) is 5.82 Å². The van der Waals surface area contributed by atoms with Crippen molar-refractivity contribution in [2.45, 2.75) is 6.92 Å². The molecule has 0 fully saturated rings. The number of hydrogen-bond donors (Lipinski definition) is 1. The molecule has 0 bridgehead atoms. The van der Waals surface area contributed by atoms with Gasteiger partial charge in [-0.3, -0.25) is 4.79 Å². The minimum atomic E-state index is -0.152. The number of nitrogens with zero attached hydrogens (tertiary/aromatic N) is 2. The Bertz CT molecular complexity index is 323. The SMILES string of the molecule is CCN(C)c1nc[nH]c(=O)c1Br. The Morgan fingerprint density at radius 2 is 2.42 bits per heavy atom. The molecule has 1 rings (SSSR count). The fourth-order valence-electron chi connectivity index (χ4n) is 0.790. The summed E-state index contributed by atoms with van der Waals surface area (Å²) < 4.78 is 0.481. The highest BCUT2D eigenvalue weighted by molar-refractivity contribution is 9.10. The van der Waals surface area contributed by atoms with E-state index in [1.54, 1.807) is 0 Å². The third-order valence-corrected chi connectivity index (χ3v) is 2.33. The van der Waals surface area contributed by atoms with E-state index in [0.29, 0.717) is 10.3 Å². The summed E-state index contributed by atoms with van der Waals surface area (Å²) in [6, 6.07) is 0. The Morgan fingerprint density at radius 3 is 3.00 bits per heavy atom. The third kappa shape index (κ3) is 1.66. The summed E-state index contributed by atoms with van der Waals surface area (Å²) in [5, 5.41) is 0. The van der Waals surface area contributed by atoms with E-state index in [1.165, 1.54) is 6.33 Å². The molecule has 0 spiro atoms. The molecule has 12 heavy (non-hydrogen) atoms. The molecular weight excluding hydrogens is 222 g/mol. The Balaban J connectivity index is 3.16. The molecular formula is C7H10BrN3O. The number of hydrogen-bond acceptors (Lipinski definition) is 3. The molecule has 0 aliphatic heterocycles. The van der Waals surface area contributed by atoms with Gasteiger partial charge in [0.05, 0.1) is 6.33 Å². The Morgan fingerprint density at radius 1 is 1.75 bits per heavy atom. The normalized spacial score (nSPS) is 9.92. The maximum absolute atomic E-state index is 11.1. The molecule has 0 saturated heterocycles. The predicted molar refractivity (Wildman–Crippen MR) is 51.5 cm³/mol. The zero-order valence-electron chi connectivity index (χ0n) is 6.97. The standard InChI is InChI=1S/C7H10BrN3O/c1-3-11(2)6-5(8)7(12)10-4-9-6/h4H,3H2,1-2H3,(H,9,10,12). The fourth-order valence-corrected chi connectivity index (χ4v) is 1.31. The number of aromatic nitrogens is 2. The lowest BCUT2D eigenvalue weighted by Gasteiger charge is -2.15. The molecule has 0 radical (unpaired) electrons. The first-order valence-corrected chi connectivity index (χ1v) is 4.40. The van der Waals surface area contributed by atoms with Gasteiger partial charge in [-0.25, -0.2) is 4.98 Å². The summed E-state index contributed by atoms with van der Waals surface area (Å²) in [7, 11) is 1.88. The van der Waals surface area contributed by atoms with E-state index in [4.69, 9.17) is 0 Å². The fraction of sp³-hybridized carbons (Fsp3) is 0.429. The predicted octanol–water partition coefficient (Wildman–Crippen LogP) is 0.989. The highest BCUT2D eigenvalue weighted by Gasteiger charge is 2.07. The molecule has 1 N–H and O–H groups in total. The van der Waals surface area contributed by atoms with E-state index in [9.17, 15) is 4.79 Å². The van der Waals surface area contributed by atoms with Crippen LogP contribution in [-0.2, 0) is 0 Å². The van der Waals surface area contributed by atoms with E-state index in [-0.39, 0.29) is 5.56 Å². The largest absolute Gasteiger partial charge is 0.359 e. The van der Waals surface area contributed by atoms with Gasteiger partial charge in [-0.1, -0.05) is 0 Å². The molecule has 0 aromatic carbocycles. The van der Waals surface area contributed by atoms with Gasteiger partial charge in [-0.2, -0.15) is 0 Å². The van der Waals surface area contributed by atoms with Crippen LogP contribution >= 0.6 is 15.9 Å². The van der Waals surface area contributed by atoms with Crippen LogP contribution in [0.25, 0.3) is 0 Å². The molecule has 0 aliphatic rings. The Hall–Kier alpha value is -0.840. The maximum atomic E-state index is 11.1. The van der Waals surface area contributed by atoms with Gasteiger partial charge >= 0.3 is 0 Å². The van der Waals surface area contributed by atoms with Gasteiger partial charge in [0, 0.05) is 13.6 Å². The topological polar surface area (TPSA) is 49.0 Å². The van der Waals surface area contributed by atoms with Crippen LogP contribution in [0.15, 0.2) is 15.6 Å². The average molecular weight is 232 g/mol. The molecule has 0 unspecified atom stereocenters. The number of aromatic amines is 1. The maximum Gasteiger partial charge on any atom is 0.267 e. The van der Waals surface area contributed by atoms with Crippen molar-refractivity contribution in [3.63, 3.8) is 0 Å². The van der Waals surface area contributed by atoms with E-state index in [1.807, 2.05) is 18.9 Å². The van der Waals surface area contributed by atoms with Crippen LogP contribution in [0.1, 0.15) is 6.92 Å². The van der Waals surface area contributed by atoms with Gasteiger partial charge in [-0.15, -0.1) is 0 Å². The number of halogens is 1. The van der Waals surface area contributed by atoms with Crippen LogP contribution in [-0.4, -0.2) is 23.6 Å². The quantitative estimate of drug-likeness (QED) is 0.827. The summed E-state index contributed by atoms with van der Waals surface area (Å²) in [5.41, 5.74) is -0.152. The molecule has 1 aromatic heterocycles. The second-order valence-corrected chi connectivity index (χ2v) is 3.18. The van der Waals surface area contributed by atoms with E-state index in [2.05, 4.69) is 25.9 Å². The summed E-state index contributed by atoms with van der Waals surface area (Å²) in [6.07, 6.45) is 1.40. The van der Waals surface area contributed by atoms with E-state index in [0.717, 1.165) is 6.54 Å². The number of anilines is 1. The minimum absolute atomic E-state index is 0.152. The second-order valence-electron chi connectivity index (χ2n) is 2.38. The molecule has 0 saturated carbocycles. The van der Waals surface area contributed by atoms with Crippen LogP contribution < -0.4 is 10.5 Å². The summed E-state index contributed by atoms with van der Waals surface area (Å²) in [4.78, 5) is 19.5. The monoisotopic (exact) mass is 231 g/mol. The van der Waals surface area contributed by atoms with Crippen molar-refractivity contribution in [1.82, 2.24) is 9.97 Å². The molecule has 1 heterocycles. The molecule has 0 atom stereocenters. The van der Waals surface area contributed by atoms with Gasteiger partial charge in [0.1, 0.15) is 10.3 Å². The molecule has 1 aromatic rings. The summed E-state index contributed by atoms with van der Waals surface area (Å²) in [5.74, 6) is 0.668. The number of H-pyrrole nitrogens is 1. The molecule has 66 valence electrons. The van der Waals surface area contributed by atoms with Crippen LogP contribution in [0.3, 0.4) is 0 Å². The Labute approximate surface area is 78.8 Å². The van der Waals surface area contributed by atoms with Crippen molar-refractivity contribution < 1.29 is 0 Å². The van der Waals surface area contributed by atoms with Crippen LogP contribution in [0.2, 0.25) is 0 Å². The zero-order chi connectivity index (χ0) is 9.14. The van der Waals surface area contributed by atoms with Crippen molar-refractivity contribution in [2.75, 3.05) is 18.5 Å². The van der Waals surface area contributed by atoms with Crippen LogP contribution in [0, 0.1) is 0 Å². The van der Waals surface area contributed by atoms with E-state index >= 15 is 0 Å². The highest BCUT2D eigenvalue weighted by atomic mass is 79.9. The summed E-state index contributed by atoms with van der Waals surface area (Å²) in [6.45, 7) is 2.81. The molecule has 0 aliphatic carbocycles. The van der Waals surface area contributed by atoms with Crippen molar-refractivity contribution in [3.05, 3.63) is 21.2 Å². The smallest absolute Gasteiger partial charge is 0.267 e. The first kappa shape index (κ1) is 9.25. The van der Waals surface area contributed by atoms with Gasteiger partial charge in [-0.05, 0) is 22.9 Å². The number of nitrogens with one attached hydrogen (secondary N) is 1. The van der Waals surface area contributed by atoms with E-state index < -0.39 is 0 Å². The van der Waals surface area contributed by atoms with Gasteiger partial charge in [0.15, 0.2) is 0 Å². The molecule has 0 amide bonds. The zero-order valence-corrected chi connectivity index (χ0v) is 8.55. The Kier molecular flexibility index (Phi) is 2.86. The molecule has 5 heteroatoms. The number of rotatable bonds is 2. The second kappa shape index (κ2) is 3.71. The van der Waals surface area contributed by atoms with Gasteiger partial charge in [0.2, 0.25) is 0 Å². The lowest BCUT2D eigenvalue weighted by atomic mass is 10.5. The first-order chi connectivity index (χ1) is 5.66. The van der Waals surface area contributed by atoms with Gasteiger partial charge in [0.25, 0.3) is 5.56 Å². The van der Waals surface area contributed by atoms with Crippen LogP contribution in [0.5, 0.6) is 0 Å². The van der Waals surface area contributed by atoms with Gasteiger partial charge < -0.3 is 9.88 Å². The van der Waals surface area contributed by atoms with Crippen molar-refractivity contribution in [2.24, 2.45) is 0 Å². The minimum Gasteiger partial charge on any atom is -0.359 e. The van der Waals surface area contributed by atoms with Crippen molar-refractivity contribution >= 4 is 21.7 Å². The van der Waals surface area contributed by atoms with Crippen molar-refractivity contribution in [3.8, 4) is 0 Å². The lowest BCUT2D eigenvalue weighted by Crippen LogP contribution is -2.21. The summed E-state index contributed by atoms with van der Waals surface area (Å²) >= 11 is 3.17. The molecule has 4 nitrogen and oxygen atoms in total. The average Bonchev–Trinajstić information content (AvgIpc) is 2.08.